The van der Waals surface area contributed by atoms with Crippen LogP contribution in [0.3, 0.4) is 0 Å². The van der Waals surface area contributed by atoms with Crippen molar-refractivity contribution >= 4 is 0 Å². The van der Waals surface area contributed by atoms with E-state index < -0.39 is 0 Å². The molecule has 1 N–H and O–H groups in total. The van der Waals surface area contributed by atoms with Crippen LogP contribution in [0.2, 0.25) is 0 Å². The Hall–Kier alpha value is -0.900. The van der Waals surface area contributed by atoms with E-state index in [1.165, 1.54) is 0 Å². The summed E-state index contributed by atoms with van der Waals surface area (Å²) in [5.74, 6) is 3.10. The van der Waals surface area contributed by atoms with Crippen molar-refractivity contribution in [1.82, 2.24) is 15.5 Å². The second-order valence-electron chi connectivity index (χ2n) is 5.27. The van der Waals surface area contributed by atoms with Gasteiger partial charge in [-0.05, 0) is 31.8 Å². The first kappa shape index (κ1) is 14.2. The lowest BCUT2D eigenvalue weighted by molar-refractivity contribution is 0.333. The Labute approximate surface area is 104 Å². The molecule has 0 spiro atoms. The van der Waals surface area contributed by atoms with Gasteiger partial charge in [0.05, 0.1) is 0 Å². The number of nitrogens with zero attached hydrogens (tertiary/aromatic N) is 2. The molecule has 0 aliphatic rings. The fourth-order valence-corrected chi connectivity index (χ4v) is 2.29. The van der Waals surface area contributed by atoms with Crippen LogP contribution in [0.15, 0.2) is 4.52 Å². The quantitative estimate of drug-likeness (QED) is 0.743. The van der Waals surface area contributed by atoms with Gasteiger partial charge in [-0.1, -0.05) is 32.9 Å². The average Bonchev–Trinajstić information content (AvgIpc) is 2.65. The number of rotatable bonds is 7. The Kier molecular flexibility index (Phi) is 5.62. The molecule has 0 bridgehead atoms. The fraction of sp³-hybridized carbons (Fsp3) is 0.846. The summed E-state index contributed by atoms with van der Waals surface area (Å²) in [7, 11) is 1.95. The third-order valence-corrected chi connectivity index (χ3v) is 3.04. The van der Waals surface area contributed by atoms with E-state index in [1.54, 1.807) is 0 Å². The number of hydrogen-bond donors (Lipinski definition) is 1. The Balaban J connectivity index is 2.65. The van der Waals surface area contributed by atoms with Crippen LogP contribution < -0.4 is 5.32 Å². The fourth-order valence-electron chi connectivity index (χ4n) is 2.29. The molecule has 0 saturated heterocycles. The number of hydrogen-bond acceptors (Lipinski definition) is 4. The standard InChI is InChI=1S/C13H25N3O/c1-9(2)12(10(3)4)13-15-11(17-16-13)7-6-8-14-5/h9-10,12,14H,6-8H2,1-5H3. The first-order valence-electron chi connectivity index (χ1n) is 6.53. The minimum absolute atomic E-state index is 0.386. The van der Waals surface area contributed by atoms with Crippen molar-refractivity contribution in [3.05, 3.63) is 11.7 Å². The van der Waals surface area contributed by atoms with Crippen LogP contribution in [0.5, 0.6) is 0 Å². The molecule has 0 fully saturated rings. The van der Waals surface area contributed by atoms with Crippen molar-refractivity contribution in [3.8, 4) is 0 Å². The SMILES string of the molecule is CNCCCc1nc(C(C(C)C)C(C)C)no1. The molecule has 1 aromatic rings. The normalized spacial score (nSPS) is 12.0. The molecule has 1 rings (SSSR count). The Morgan fingerprint density at radius 2 is 1.82 bits per heavy atom. The zero-order valence-corrected chi connectivity index (χ0v) is 11.7. The molecule has 0 amide bonds. The first-order chi connectivity index (χ1) is 8.06. The van der Waals surface area contributed by atoms with Crippen molar-refractivity contribution in [2.75, 3.05) is 13.6 Å². The van der Waals surface area contributed by atoms with Crippen LogP contribution >= 0.6 is 0 Å². The van der Waals surface area contributed by atoms with Gasteiger partial charge < -0.3 is 9.84 Å². The highest BCUT2D eigenvalue weighted by Crippen LogP contribution is 2.29. The zero-order chi connectivity index (χ0) is 12.8. The molecule has 98 valence electrons. The third kappa shape index (κ3) is 4.11. The molecule has 4 heteroatoms. The molecule has 0 atom stereocenters. The van der Waals surface area contributed by atoms with Gasteiger partial charge >= 0.3 is 0 Å². The summed E-state index contributed by atoms with van der Waals surface area (Å²) in [4.78, 5) is 4.52. The first-order valence-corrected chi connectivity index (χ1v) is 6.53. The Morgan fingerprint density at radius 3 is 2.35 bits per heavy atom. The van der Waals surface area contributed by atoms with Gasteiger partial charge in [0.2, 0.25) is 5.89 Å². The monoisotopic (exact) mass is 239 g/mol. The smallest absolute Gasteiger partial charge is 0.226 e. The average molecular weight is 239 g/mol. The molecule has 0 unspecified atom stereocenters. The van der Waals surface area contributed by atoms with E-state index in [0.717, 1.165) is 31.1 Å². The molecule has 0 aliphatic heterocycles. The van der Waals surface area contributed by atoms with E-state index in [-0.39, 0.29) is 0 Å². The van der Waals surface area contributed by atoms with E-state index >= 15 is 0 Å². The predicted molar refractivity (Wildman–Crippen MR) is 69.0 cm³/mol. The van der Waals surface area contributed by atoms with Gasteiger partial charge in [0.1, 0.15) is 0 Å². The van der Waals surface area contributed by atoms with Crippen LogP contribution in [0.25, 0.3) is 0 Å². The second kappa shape index (κ2) is 6.74. The lowest BCUT2D eigenvalue weighted by Gasteiger charge is -2.20. The van der Waals surface area contributed by atoms with Crippen LogP contribution in [-0.2, 0) is 6.42 Å². The lowest BCUT2D eigenvalue weighted by Crippen LogP contribution is -2.15. The summed E-state index contributed by atoms with van der Waals surface area (Å²) in [6, 6.07) is 0. The molecule has 0 saturated carbocycles. The zero-order valence-electron chi connectivity index (χ0n) is 11.7. The molecule has 4 nitrogen and oxygen atoms in total. The highest BCUT2D eigenvalue weighted by atomic mass is 16.5. The molecule has 0 aliphatic carbocycles. The number of aromatic nitrogens is 2. The maximum Gasteiger partial charge on any atom is 0.226 e. The van der Waals surface area contributed by atoms with Gasteiger partial charge in [0, 0.05) is 12.3 Å². The van der Waals surface area contributed by atoms with E-state index in [9.17, 15) is 0 Å². The number of nitrogens with one attached hydrogen (secondary N) is 1. The van der Waals surface area contributed by atoms with Crippen molar-refractivity contribution in [1.29, 1.82) is 0 Å². The minimum Gasteiger partial charge on any atom is -0.339 e. The summed E-state index contributed by atoms with van der Waals surface area (Å²) in [5, 5.41) is 7.25. The summed E-state index contributed by atoms with van der Waals surface area (Å²) >= 11 is 0. The van der Waals surface area contributed by atoms with Gasteiger partial charge in [-0.2, -0.15) is 4.98 Å². The molecular formula is C13H25N3O. The van der Waals surface area contributed by atoms with Crippen LogP contribution in [-0.4, -0.2) is 23.7 Å². The maximum absolute atomic E-state index is 5.30. The molecule has 0 aromatic carbocycles. The highest BCUT2D eigenvalue weighted by Gasteiger charge is 2.24. The minimum atomic E-state index is 0.386. The molecular weight excluding hydrogens is 214 g/mol. The summed E-state index contributed by atoms with van der Waals surface area (Å²) in [6.07, 6.45) is 1.89. The predicted octanol–water partition coefficient (Wildman–Crippen LogP) is 2.62. The second-order valence-corrected chi connectivity index (χ2v) is 5.27. The molecule has 0 radical (unpaired) electrons. The van der Waals surface area contributed by atoms with Crippen molar-refractivity contribution in [3.63, 3.8) is 0 Å². The van der Waals surface area contributed by atoms with Crippen molar-refractivity contribution in [2.45, 2.75) is 46.5 Å². The maximum atomic E-state index is 5.30. The van der Waals surface area contributed by atoms with Gasteiger partial charge in [-0.25, -0.2) is 0 Å². The lowest BCUT2D eigenvalue weighted by atomic mass is 9.85. The van der Waals surface area contributed by atoms with Crippen LogP contribution in [0.4, 0.5) is 0 Å². The molecule has 1 heterocycles. The van der Waals surface area contributed by atoms with Gasteiger partial charge in [0.15, 0.2) is 5.82 Å². The van der Waals surface area contributed by atoms with Crippen LogP contribution in [0, 0.1) is 11.8 Å². The van der Waals surface area contributed by atoms with Crippen LogP contribution in [0.1, 0.15) is 51.7 Å². The third-order valence-electron chi connectivity index (χ3n) is 3.04. The Morgan fingerprint density at radius 1 is 1.18 bits per heavy atom. The summed E-state index contributed by atoms with van der Waals surface area (Å²) in [6.45, 7) is 9.82. The van der Waals surface area contributed by atoms with Crippen molar-refractivity contribution in [2.24, 2.45) is 11.8 Å². The van der Waals surface area contributed by atoms with Crippen molar-refractivity contribution < 1.29 is 4.52 Å². The summed E-state index contributed by atoms with van der Waals surface area (Å²) < 4.78 is 5.30. The molecule has 1 aromatic heterocycles. The largest absolute Gasteiger partial charge is 0.339 e. The van der Waals surface area contributed by atoms with Gasteiger partial charge in [-0.15, -0.1) is 0 Å². The van der Waals surface area contributed by atoms with E-state index in [0.29, 0.717) is 17.8 Å². The van der Waals surface area contributed by atoms with E-state index in [1.807, 2.05) is 7.05 Å². The highest BCUT2D eigenvalue weighted by molar-refractivity contribution is 4.98. The topological polar surface area (TPSA) is 51.0 Å². The van der Waals surface area contributed by atoms with E-state index in [4.69, 9.17) is 4.52 Å². The van der Waals surface area contributed by atoms with Gasteiger partial charge in [0.25, 0.3) is 0 Å². The van der Waals surface area contributed by atoms with E-state index in [2.05, 4.69) is 43.2 Å². The van der Waals surface area contributed by atoms with Gasteiger partial charge in [-0.3, -0.25) is 0 Å². The molecule has 17 heavy (non-hydrogen) atoms. The Bertz CT molecular complexity index is 312. The summed E-state index contributed by atoms with van der Waals surface area (Å²) in [5.41, 5.74) is 0. The number of aryl methyl sites for hydroxylation is 1.